The van der Waals surface area contributed by atoms with E-state index in [1.807, 2.05) is 25.5 Å². The molecule has 1 fully saturated rings. The highest BCUT2D eigenvalue weighted by Gasteiger charge is 2.23. The summed E-state index contributed by atoms with van der Waals surface area (Å²) in [5.41, 5.74) is 1.37. The molecule has 1 aliphatic heterocycles. The minimum Gasteiger partial charge on any atom is -0.349 e. The van der Waals surface area contributed by atoms with Gasteiger partial charge in [0, 0.05) is 50.2 Å². The van der Waals surface area contributed by atoms with Crippen molar-refractivity contribution in [2.24, 2.45) is 7.05 Å². The summed E-state index contributed by atoms with van der Waals surface area (Å²) in [4.78, 5) is 15.4. The molecule has 0 bridgehead atoms. The van der Waals surface area contributed by atoms with E-state index in [0.717, 1.165) is 24.0 Å². The van der Waals surface area contributed by atoms with Crippen LogP contribution in [-0.2, 0) is 17.1 Å². The lowest BCUT2D eigenvalue weighted by Crippen LogP contribution is -2.42. The van der Waals surface area contributed by atoms with Gasteiger partial charge in [0.25, 0.3) is 5.91 Å². The molecule has 1 aliphatic rings. The van der Waals surface area contributed by atoms with Crippen molar-refractivity contribution in [1.29, 1.82) is 0 Å². The Morgan fingerprint density at radius 3 is 2.60 bits per heavy atom. The smallest absolute Gasteiger partial charge is 0.267 e. The zero-order valence-corrected chi connectivity index (χ0v) is 19.3. The number of amides is 1. The Balaban J connectivity index is 1.75. The number of hydrogen-bond acceptors (Lipinski definition) is 4. The highest BCUT2D eigenvalue weighted by atomic mass is 32.2. The van der Waals surface area contributed by atoms with Gasteiger partial charge in [-0.25, -0.2) is 8.42 Å². The average molecular weight is 435 g/mol. The molecule has 2 heterocycles. The quantitative estimate of drug-likeness (QED) is 0.693. The monoisotopic (exact) mass is 434 g/mol. The third-order valence-electron chi connectivity index (χ3n) is 6.21. The molecule has 2 aromatic rings. The molecule has 1 atom stereocenters. The summed E-state index contributed by atoms with van der Waals surface area (Å²) in [5.74, 6) is -0.133. The van der Waals surface area contributed by atoms with Crippen LogP contribution < -0.4 is 5.32 Å². The topological polar surface area (TPSA) is 74.7 Å². The van der Waals surface area contributed by atoms with Crippen LogP contribution in [0, 0.1) is 0 Å². The molecule has 0 radical (unpaired) electrons. The minimum atomic E-state index is -3.53. The van der Waals surface area contributed by atoms with E-state index in [9.17, 15) is 13.2 Å². The summed E-state index contributed by atoms with van der Waals surface area (Å²) in [6, 6.07) is 7.40. The molecule has 1 N–H and O–H groups in total. The van der Waals surface area contributed by atoms with E-state index in [0.29, 0.717) is 31.4 Å². The number of aromatic nitrogens is 1. The van der Waals surface area contributed by atoms with Crippen LogP contribution >= 0.6 is 0 Å². The van der Waals surface area contributed by atoms with Crippen molar-refractivity contribution >= 4 is 26.8 Å². The molecule has 1 amide bonds. The minimum absolute atomic E-state index is 0.133. The molecule has 3 rings (SSSR count). The largest absolute Gasteiger partial charge is 0.349 e. The normalized spacial score (nSPS) is 18.2. The fourth-order valence-corrected chi connectivity index (χ4v) is 5.81. The van der Waals surface area contributed by atoms with E-state index in [4.69, 9.17) is 0 Å². The van der Waals surface area contributed by atoms with Crippen LogP contribution in [0.1, 0.15) is 50.5 Å². The number of carbonyl (C=O) groups is 1. The molecule has 1 aromatic heterocycles. The van der Waals surface area contributed by atoms with E-state index in [-0.39, 0.29) is 10.8 Å². The number of carbonyl (C=O) groups excluding carboxylic acids is 1. The second-order valence-corrected chi connectivity index (χ2v) is 9.97. The van der Waals surface area contributed by atoms with Crippen molar-refractivity contribution in [3.63, 3.8) is 0 Å². The Bertz CT molecular complexity index is 995. The van der Waals surface area contributed by atoms with Crippen molar-refractivity contribution in [2.45, 2.75) is 51.0 Å². The number of nitrogens with one attached hydrogen (secondary N) is 1. The van der Waals surface area contributed by atoms with Crippen LogP contribution in [-0.4, -0.2) is 66.9 Å². The van der Waals surface area contributed by atoms with Gasteiger partial charge in [0.2, 0.25) is 10.0 Å². The van der Waals surface area contributed by atoms with Gasteiger partial charge in [0.1, 0.15) is 5.69 Å². The van der Waals surface area contributed by atoms with Gasteiger partial charge in [-0.15, -0.1) is 0 Å². The summed E-state index contributed by atoms with van der Waals surface area (Å²) in [5, 5.41) is 3.77. The Labute approximate surface area is 180 Å². The first kappa shape index (κ1) is 22.8. The maximum absolute atomic E-state index is 12.8. The van der Waals surface area contributed by atoms with Crippen LogP contribution in [0.4, 0.5) is 0 Å². The lowest BCUT2D eigenvalue weighted by atomic mass is 10.0. The van der Waals surface area contributed by atoms with Crippen LogP contribution in [0.5, 0.6) is 0 Å². The van der Waals surface area contributed by atoms with Crippen molar-refractivity contribution in [1.82, 2.24) is 19.1 Å². The molecule has 8 heteroatoms. The summed E-state index contributed by atoms with van der Waals surface area (Å²) >= 11 is 0. The van der Waals surface area contributed by atoms with E-state index in [1.54, 1.807) is 24.3 Å². The van der Waals surface area contributed by atoms with Crippen molar-refractivity contribution < 1.29 is 13.2 Å². The predicted octanol–water partition coefficient (Wildman–Crippen LogP) is 2.81. The third kappa shape index (κ3) is 4.55. The van der Waals surface area contributed by atoms with Gasteiger partial charge in [0.05, 0.1) is 4.90 Å². The first-order valence-corrected chi connectivity index (χ1v) is 12.4. The Morgan fingerprint density at radius 2 is 1.93 bits per heavy atom. The number of likely N-dealkylation sites (tertiary alicyclic amines) is 1. The second-order valence-electron chi connectivity index (χ2n) is 8.04. The van der Waals surface area contributed by atoms with Crippen LogP contribution in [0.25, 0.3) is 10.9 Å². The van der Waals surface area contributed by atoms with Crippen molar-refractivity contribution in [3.8, 4) is 0 Å². The van der Waals surface area contributed by atoms with Crippen LogP contribution in [0.3, 0.4) is 0 Å². The fourth-order valence-electron chi connectivity index (χ4n) is 4.31. The Kier molecular flexibility index (Phi) is 7.21. The van der Waals surface area contributed by atoms with E-state index in [1.165, 1.54) is 23.6 Å². The highest BCUT2D eigenvalue weighted by molar-refractivity contribution is 7.89. The van der Waals surface area contributed by atoms with Gasteiger partial charge >= 0.3 is 0 Å². The lowest BCUT2D eigenvalue weighted by Gasteiger charge is -2.33. The van der Waals surface area contributed by atoms with E-state index >= 15 is 0 Å². The van der Waals surface area contributed by atoms with Gasteiger partial charge in [-0.1, -0.05) is 20.3 Å². The van der Waals surface area contributed by atoms with Crippen LogP contribution in [0.2, 0.25) is 0 Å². The number of nitrogens with zero attached hydrogens (tertiary/aromatic N) is 3. The molecule has 1 aromatic carbocycles. The molecule has 0 unspecified atom stereocenters. The number of piperidine rings is 1. The third-order valence-corrected chi connectivity index (χ3v) is 8.26. The van der Waals surface area contributed by atoms with Crippen molar-refractivity contribution in [3.05, 3.63) is 30.0 Å². The number of fused-ring (bicyclic) bond motifs is 1. The maximum Gasteiger partial charge on any atom is 0.267 e. The molecule has 1 saturated heterocycles. The van der Waals surface area contributed by atoms with E-state index < -0.39 is 10.0 Å². The summed E-state index contributed by atoms with van der Waals surface area (Å²) < 4.78 is 28.9. The fraction of sp³-hybridized carbons (Fsp3) is 0.591. The molecule has 7 nitrogen and oxygen atoms in total. The standard InChI is InChI=1S/C22H34N4O3S/c1-5-26(6-2)30(28,29)19-10-11-20-18(15-19)16-21(24(20)4)22(27)23-12-14-25-13-8-7-9-17(25)3/h10-11,15-17H,5-9,12-14H2,1-4H3,(H,23,27)/t17-/m0/s1. The number of rotatable bonds is 8. The molecule has 166 valence electrons. The molecular formula is C22H34N4O3S. The van der Waals surface area contributed by atoms with E-state index in [2.05, 4.69) is 17.1 Å². The Hall–Kier alpha value is -1.90. The number of sulfonamides is 1. The number of aryl methyl sites for hydroxylation is 1. The summed E-state index contributed by atoms with van der Waals surface area (Å²) in [6.07, 6.45) is 3.72. The lowest BCUT2D eigenvalue weighted by molar-refractivity contribution is 0.0931. The predicted molar refractivity (Wildman–Crippen MR) is 120 cm³/mol. The van der Waals surface area contributed by atoms with Crippen LogP contribution in [0.15, 0.2) is 29.2 Å². The average Bonchev–Trinajstić information content (AvgIpc) is 3.06. The second kappa shape index (κ2) is 9.49. The Morgan fingerprint density at radius 1 is 1.20 bits per heavy atom. The zero-order chi connectivity index (χ0) is 21.9. The summed E-state index contributed by atoms with van der Waals surface area (Å²) in [7, 11) is -1.69. The first-order valence-electron chi connectivity index (χ1n) is 10.9. The van der Waals surface area contributed by atoms with Gasteiger partial charge < -0.3 is 9.88 Å². The number of hydrogen-bond donors (Lipinski definition) is 1. The molecule has 0 aliphatic carbocycles. The SMILES string of the molecule is CCN(CC)S(=O)(=O)c1ccc2c(c1)cc(C(=O)NCCN1CCCC[C@@H]1C)n2C. The highest BCUT2D eigenvalue weighted by Crippen LogP contribution is 2.24. The summed E-state index contributed by atoms with van der Waals surface area (Å²) in [6.45, 7) is 9.30. The van der Waals surface area contributed by atoms with Crippen molar-refractivity contribution in [2.75, 3.05) is 32.7 Å². The zero-order valence-electron chi connectivity index (χ0n) is 18.5. The first-order chi connectivity index (χ1) is 14.3. The van der Waals surface area contributed by atoms with Gasteiger partial charge in [-0.2, -0.15) is 4.31 Å². The number of benzene rings is 1. The van der Waals surface area contributed by atoms with Gasteiger partial charge in [0.15, 0.2) is 0 Å². The van der Waals surface area contributed by atoms with Gasteiger partial charge in [-0.05, 0) is 50.6 Å². The molecule has 0 saturated carbocycles. The molecular weight excluding hydrogens is 400 g/mol. The molecule has 0 spiro atoms. The maximum atomic E-state index is 12.8. The molecule has 30 heavy (non-hydrogen) atoms. The van der Waals surface area contributed by atoms with Gasteiger partial charge in [-0.3, -0.25) is 9.69 Å².